The van der Waals surface area contributed by atoms with Crippen molar-refractivity contribution >= 4 is 15.5 Å². The largest absolute Gasteiger partial charge is 0.307 e. The number of rotatable bonds is 2. The fourth-order valence-electron chi connectivity index (χ4n) is 1.33. The Balaban J connectivity index is 2.46. The minimum Gasteiger partial charge on any atom is -0.307 e. The highest BCUT2D eigenvalue weighted by atomic mass is 32.2. The predicted molar refractivity (Wildman–Crippen MR) is 53.7 cm³/mol. The van der Waals surface area contributed by atoms with E-state index >= 15 is 0 Å². The molecular weight excluding hydrogens is 200 g/mol. The Morgan fingerprint density at radius 1 is 1.43 bits per heavy atom. The molecular formula is C9H10N2O2S. The number of aromatic nitrogens is 2. The van der Waals surface area contributed by atoms with Crippen molar-refractivity contribution in [3.05, 3.63) is 36.3 Å². The van der Waals surface area contributed by atoms with Crippen molar-refractivity contribution in [3.63, 3.8) is 0 Å². The third-order valence-electron chi connectivity index (χ3n) is 1.82. The number of imidazole rings is 1. The van der Waals surface area contributed by atoms with Gasteiger partial charge < -0.3 is 4.40 Å². The lowest BCUT2D eigenvalue weighted by Gasteiger charge is -1.90. The van der Waals surface area contributed by atoms with Crippen molar-refractivity contribution < 1.29 is 8.42 Å². The summed E-state index contributed by atoms with van der Waals surface area (Å²) in [6.07, 6.45) is 4.78. The van der Waals surface area contributed by atoms with E-state index in [1.807, 2.05) is 24.4 Å². The standard InChI is InChI=1S/C9H10N2O2S/c1-14(12,13)7-8-6-11-5-3-2-4-9(11)10-8/h2-6H,7H2,1H3. The van der Waals surface area contributed by atoms with Crippen LogP contribution in [0.4, 0.5) is 0 Å². The van der Waals surface area contributed by atoms with Crippen LogP contribution in [0.2, 0.25) is 0 Å². The summed E-state index contributed by atoms with van der Waals surface area (Å²) < 4.78 is 23.9. The highest BCUT2D eigenvalue weighted by molar-refractivity contribution is 7.89. The number of sulfone groups is 1. The molecule has 0 fully saturated rings. The molecule has 74 valence electrons. The molecule has 0 saturated carbocycles. The Labute approximate surface area is 82.1 Å². The highest BCUT2D eigenvalue weighted by Crippen LogP contribution is 2.07. The maximum Gasteiger partial charge on any atom is 0.153 e. The zero-order valence-corrected chi connectivity index (χ0v) is 8.53. The quantitative estimate of drug-likeness (QED) is 0.739. The second-order valence-corrected chi connectivity index (χ2v) is 5.41. The Morgan fingerprint density at radius 3 is 2.86 bits per heavy atom. The first-order valence-corrected chi connectivity index (χ1v) is 6.21. The van der Waals surface area contributed by atoms with Crippen molar-refractivity contribution in [2.75, 3.05) is 6.26 Å². The third-order valence-corrected chi connectivity index (χ3v) is 2.64. The van der Waals surface area contributed by atoms with Crippen LogP contribution < -0.4 is 0 Å². The maximum atomic E-state index is 11.0. The highest BCUT2D eigenvalue weighted by Gasteiger charge is 2.07. The van der Waals surface area contributed by atoms with Crippen LogP contribution in [0.3, 0.4) is 0 Å². The predicted octanol–water partition coefficient (Wildman–Crippen LogP) is 0.879. The molecule has 2 heterocycles. The van der Waals surface area contributed by atoms with E-state index in [1.54, 1.807) is 10.6 Å². The summed E-state index contributed by atoms with van der Waals surface area (Å²) in [5.74, 6) is -0.00528. The zero-order chi connectivity index (χ0) is 10.2. The van der Waals surface area contributed by atoms with E-state index in [1.165, 1.54) is 6.26 Å². The topological polar surface area (TPSA) is 51.4 Å². The number of pyridine rings is 1. The smallest absolute Gasteiger partial charge is 0.153 e. The minimum atomic E-state index is -3.00. The average molecular weight is 210 g/mol. The number of fused-ring (bicyclic) bond motifs is 1. The van der Waals surface area contributed by atoms with E-state index in [9.17, 15) is 8.42 Å². The lowest BCUT2D eigenvalue weighted by molar-refractivity contribution is 0.600. The average Bonchev–Trinajstić information content (AvgIpc) is 2.42. The van der Waals surface area contributed by atoms with E-state index < -0.39 is 9.84 Å². The first kappa shape index (κ1) is 9.21. The van der Waals surface area contributed by atoms with Crippen molar-refractivity contribution in [3.8, 4) is 0 Å². The molecule has 0 radical (unpaired) electrons. The lowest BCUT2D eigenvalue weighted by Crippen LogP contribution is -2.00. The van der Waals surface area contributed by atoms with Gasteiger partial charge in [0.2, 0.25) is 0 Å². The molecule has 0 amide bonds. The van der Waals surface area contributed by atoms with Crippen LogP contribution in [-0.4, -0.2) is 24.1 Å². The Bertz CT molecular complexity index is 524. The van der Waals surface area contributed by atoms with Gasteiger partial charge in [0.15, 0.2) is 9.84 Å². The van der Waals surface area contributed by atoms with Gasteiger partial charge in [0, 0.05) is 18.6 Å². The molecule has 0 aliphatic heterocycles. The molecule has 2 rings (SSSR count). The van der Waals surface area contributed by atoms with Gasteiger partial charge in [-0.05, 0) is 12.1 Å². The van der Waals surface area contributed by atoms with E-state index in [2.05, 4.69) is 4.98 Å². The molecule has 2 aromatic rings. The first-order chi connectivity index (χ1) is 6.54. The summed E-state index contributed by atoms with van der Waals surface area (Å²) in [4.78, 5) is 4.18. The van der Waals surface area contributed by atoms with Crippen molar-refractivity contribution in [1.82, 2.24) is 9.38 Å². The summed E-state index contributed by atoms with van der Waals surface area (Å²) >= 11 is 0. The van der Waals surface area contributed by atoms with Gasteiger partial charge in [0.05, 0.1) is 11.4 Å². The summed E-state index contributed by atoms with van der Waals surface area (Å²) in [6.45, 7) is 0. The van der Waals surface area contributed by atoms with E-state index in [4.69, 9.17) is 0 Å². The summed E-state index contributed by atoms with van der Waals surface area (Å²) in [6, 6.07) is 5.58. The van der Waals surface area contributed by atoms with E-state index in [-0.39, 0.29) is 5.75 Å². The van der Waals surface area contributed by atoms with Gasteiger partial charge in [-0.25, -0.2) is 13.4 Å². The third kappa shape index (κ3) is 1.93. The minimum absolute atomic E-state index is 0.00528. The van der Waals surface area contributed by atoms with Crippen LogP contribution in [0.25, 0.3) is 5.65 Å². The van der Waals surface area contributed by atoms with Crippen LogP contribution in [0.1, 0.15) is 5.69 Å². The van der Waals surface area contributed by atoms with Gasteiger partial charge in [-0.2, -0.15) is 0 Å². The lowest BCUT2D eigenvalue weighted by atomic mass is 10.5. The molecule has 5 heteroatoms. The van der Waals surface area contributed by atoms with Crippen LogP contribution in [-0.2, 0) is 15.6 Å². The van der Waals surface area contributed by atoms with Crippen LogP contribution in [0, 0.1) is 0 Å². The van der Waals surface area contributed by atoms with Gasteiger partial charge in [0.1, 0.15) is 5.65 Å². The van der Waals surface area contributed by atoms with Gasteiger partial charge in [-0.3, -0.25) is 0 Å². The normalized spacial score (nSPS) is 12.1. The van der Waals surface area contributed by atoms with E-state index in [0.29, 0.717) is 5.69 Å². The van der Waals surface area contributed by atoms with Gasteiger partial charge in [-0.15, -0.1) is 0 Å². The number of nitrogens with zero attached hydrogens (tertiary/aromatic N) is 2. The van der Waals surface area contributed by atoms with Crippen LogP contribution >= 0.6 is 0 Å². The summed E-state index contributed by atoms with van der Waals surface area (Å²) in [7, 11) is -3.00. The molecule has 0 atom stereocenters. The molecule has 0 aromatic carbocycles. The maximum absolute atomic E-state index is 11.0. The van der Waals surface area contributed by atoms with E-state index in [0.717, 1.165) is 5.65 Å². The fraction of sp³-hybridized carbons (Fsp3) is 0.222. The molecule has 4 nitrogen and oxygen atoms in total. The Morgan fingerprint density at radius 2 is 2.21 bits per heavy atom. The van der Waals surface area contributed by atoms with Crippen molar-refractivity contribution in [2.45, 2.75) is 5.75 Å². The second-order valence-electron chi connectivity index (χ2n) is 3.27. The molecule has 0 N–H and O–H groups in total. The SMILES string of the molecule is CS(=O)(=O)Cc1cn2ccccc2n1. The Hall–Kier alpha value is -1.36. The molecule has 0 aliphatic rings. The van der Waals surface area contributed by atoms with Crippen LogP contribution in [0.5, 0.6) is 0 Å². The molecule has 2 aromatic heterocycles. The molecule has 0 spiro atoms. The molecule has 0 aliphatic carbocycles. The van der Waals surface area contributed by atoms with Crippen LogP contribution in [0.15, 0.2) is 30.6 Å². The van der Waals surface area contributed by atoms with Gasteiger partial charge in [0.25, 0.3) is 0 Å². The number of hydrogen-bond donors (Lipinski definition) is 0. The van der Waals surface area contributed by atoms with Crippen molar-refractivity contribution in [1.29, 1.82) is 0 Å². The summed E-state index contributed by atoms with van der Waals surface area (Å²) in [5, 5.41) is 0. The summed E-state index contributed by atoms with van der Waals surface area (Å²) in [5.41, 5.74) is 1.35. The second kappa shape index (κ2) is 3.09. The Kier molecular flexibility index (Phi) is 2.03. The molecule has 14 heavy (non-hydrogen) atoms. The zero-order valence-electron chi connectivity index (χ0n) is 7.71. The first-order valence-electron chi connectivity index (χ1n) is 4.15. The monoisotopic (exact) mass is 210 g/mol. The van der Waals surface area contributed by atoms with Crippen molar-refractivity contribution in [2.24, 2.45) is 0 Å². The molecule has 0 saturated heterocycles. The van der Waals surface area contributed by atoms with Gasteiger partial charge >= 0.3 is 0 Å². The molecule has 0 bridgehead atoms. The molecule has 0 unspecified atom stereocenters. The van der Waals surface area contributed by atoms with Gasteiger partial charge in [-0.1, -0.05) is 6.07 Å². The number of hydrogen-bond acceptors (Lipinski definition) is 3. The fourth-order valence-corrected chi connectivity index (χ4v) is 2.00.